The summed E-state index contributed by atoms with van der Waals surface area (Å²) in [4.78, 5) is 4.73. The number of rotatable bonds is 5. The summed E-state index contributed by atoms with van der Waals surface area (Å²) >= 11 is 1.79. The second-order valence-corrected chi connectivity index (χ2v) is 8.41. The zero-order chi connectivity index (χ0) is 14.6. The molecule has 2 nitrogen and oxygen atoms in total. The van der Waals surface area contributed by atoms with Gasteiger partial charge in [-0.15, -0.1) is 11.3 Å². The lowest BCUT2D eigenvalue weighted by atomic mass is 9.81. The lowest BCUT2D eigenvalue weighted by Gasteiger charge is -2.26. The van der Waals surface area contributed by atoms with Crippen molar-refractivity contribution < 1.29 is 0 Å². The minimum absolute atomic E-state index is 0.174. The molecule has 1 aromatic rings. The molecule has 0 saturated heterocycles. The number of hydrogen-bond donors (Lipinski definition) is 1. The van der Waals surface area contributed by atoms with E-state index in [9.17, 15) is 0 Å². The lowest BCUT2D eigenvalue weighted by molar-refractivity contribution is 0.275. The summed E-state index contributed by atoms with van der Waals surface area (Å²) in [6, 6.07) is 0. The van der Waals surface area contributed by atoms with Crippen LogP contribution in [0, 0.1) is 11.8 Å². The third-order valence-corrected chi connectivity index (χ3v) is 5.31. The third kappa shape index (κ3) is 4.85. The second-order valence-electron chi connectivity index (χ2n) is 7.47. The zero-order valence-electron chi connectivity index (χ0n) is 13.5. The molecule has 2 rings (SSSR count). The first-order valence-corrected chi connectivity index (χ1v) is 8.98. The SMILES string of the molecule is CC1CCC(CCNCc2nc(C(C)(C)C)cs2)CC1. The zero-order valence-corrected chi connectivity index (χ0v) is 14.4. The first-order valence-electron chi connectivity index (χ1n) is 8.10. The topological polar surface area (TPSA) is 24.9 Å². The Kier molecular flexibility index (Phi) is 5.62. The highest BCUT2D eigenvalue weighted by Gasteiger charge is 2.18. The molecule has 114 valence electrons. The molecule has 0 aromatic carbocycles. The van der Waals surface area contributed by atoms with Crippen molar-refractivity contribution in [3.63, 3.8) is 0 Å². The highest BCUT2D eigenvalue weighted by atomic mass is 32.1. The minimum Gasteiger partial charge on any atom is -0.310 e. The van der Waals surface area contributed by atoms with Gasteiger partial charge in [-0.25, -0.2) is 4.98 Å². The van der Waals surface area contributed by atoms with Crippen molar-refractivity contribution in [2.45, 2.75) is 71.8 Å². The average Bonchev–Trinajstić information content (AvgIpc) is 2.85. The Hall–Kier alpha value is -0.410. The van der Waals surface area contributed by atoms with E-state index in [2.05, 4.69) is 38.4 Å². The smallest absolute Gasteiger partial charge is 0.107 e. The molecule has 1 aliphatic rings. The van der Waals surface area contributed by atoms with Gasteiger partial charge < -0.3 is 5.32 Å². The van der Waals surface area contributed by atoms with Crippen LogP contribution in [0.3, 0.4) is 0 Å². The molecule has 1 saturated carbocycles. The molecule has 3 heteroatoms. The molecule has 1 aromatic heterocycles. The van der Waals surface area contributed by atoms with Crippen molar-refractivity contribution in [3.8, 4) is 0 Å². The van der Waals surface area contributed by atoms with E-state index in [-0.39, 0.29) is 5.41 Å². The Bertz CT molecular complexity index is 397. The van der Waals surface area contributed by atoms with Crippen molar-refractivity contribution in [2.24, 2.45) is 11.8 Å². The quantitative estimate of drug-likeness (QED) is 0.793. The molecule has 0 amide bonds. The van der Waals surface area contributed by atoms with Crippen molar-refractivity contribution in [2.75, 3.05) is 6.54 Å². The molecule has 0 atom stereocenters. The third-order valence-electron chi connectivity index (χ3n) is 4.46. The van der Waals surface area contributed by atoms with Crippen LogP contribution in [0.2, 0.25) is 0 Å². The molecule has 1 fully saturated rings. The molecule has 0 unspecified atom stereocenters. The first kappa shape index (κ1) is 16.0. The fraction of sp³-hybridized carbons (Fsp3) is 0.824. The van der Waals surface area contributed by atoms with Gasteiger partial charge in [0.05, 0.1) is 5.69 Å². The van der Waals surface area contributed by atoms with Gasteiger partial charge in [-0.1, -0.05) is 53.4 Å². The van der Waals surface area contributed by atoms with Crippen LogP contribution in [0.4, 0.5) is 0 Å². The molecule has 0 aliphatic heterocycles. The van der Waals surface area contributed by atoms with E-state index in [4.69, 9.17) is 4.98 Å². The van der Waals surface area contributed by atoms with Crippen LogP contribution in [0.15, 0.2) is 5.38 Å². The van der Waals surface area contributed by atoms with Crippen LogP contribution in [-0.4, -0.2) is 11.5 Å². The van der Waals surface area contributed by atoms with Gasteiger partial charge in [-0.3, -0.25) is 0 Å². The van der Waals surface area contributed by atoms with Crippen LogP contribution < -0.4 is 5.32 Å². The molecule has 0 radical (unpaired) electrons. The number of aromatic nitrogens is 1. The van der Waals surface area contributed by atoms with Crippen LogP contribution in [0.1, 0.15) is 70.5 Å². The van der Waals surface area contributed by atoms with Crippen molar-refractivity contribution in [1.82, 2.24) is 10.3 Å². The second kappa shape index (κ2) is 7.04. The summed E-state index contributed by atoms with van der Waals surface area (Å²) < 4.78 is 0. The number of hydrogen-bond acceptors (Lipinski definition) is 3. The monoisotopic (exact) mass is 294 g/mol. The Morgan fingerprint density at radius 3 is 2.55 bits per heavy atom. The standard InChI is InChI=1S/C17H30N2S/c1-13-5-7-14(8-6-13)9-10-18-11-16-19-15(12-20-16)17(2,3)4/h12-14,18H,5-11H2,1-4H3. The van der Waals surface area contributed by atoms with Crippen molar-refractivity contribution in [3.05, 3.63) is 16.1 Å². The number of nitrogens with zero attached hydrogens (tertiary/aromatic N) is 1. The Balaban J connectivity index is 1.65. The molecule has 0 bridgehead atoms. The van der Waals surface area contributed by atoms with E-state index < -0.39 is 0 Å². The fourth-order valence-electron chi connectivity index (χ4n) is 2.86. The van der Waals surface area contributed by atoms with E-state index in [0.29, 0.717) is 0 Å². The van der Waals surface area contributed by atoms with E-state index in [0.717, 1.165) is 24.9 Å². The maximum Gasteiger partial charge on any atom is 0.107 e. The van der Waals surface area contributed by atoms with Gasteiger partial charge >= 0.3 is 0 Å². The average molecular weight is 295 g/mol. The summed E-state index contributed by atoms with van der Waals surface area (Å²) in [7, 11) is 0. The maximum atomic E-state index is 4.73. The molecular weight excluding hydrogens is 264 g/mol. The fourth-order valence-corrected chi connectivity index (χ4v) is 3.85. The van der Waals surface area contributed by atoms with Gasteiger partial charge in [-0.2, -0.15) is 0 Å². The van der Waals surface area contributed by atoms with Crippen molar-refractivity contribution >= 4 is 11.3 Å². The van der Waals surface area contributed by atoms with Gasteiger partial charge in [0, 0.05) is 17.3 Å². The summed E-state index contributed by atoms with van der Waals surface area (Å²) in [5, 5.41) is 7.01. The highest BCUT2D eigenvalue weighted by Crippen LogP contribution is 2.30. The van der Waals surface area contributed by atoms with E-state index in [1.54, 1.807) is 11.3 Å². The molecule has 1 N–H and O–H groups in total. The van der Waals surface area contributed by atoms with Crippen LogP contribution in [-0.2, 0) is 12.0 Å². The minimum atomic E-state index is 0.174. The summed E-state index contributed by atoms with van der Waals surface area (Å²) in [5.41, 5.74) is 1.40. The molecule has 20 heavy (non-hydrogen) atoms. The predicted octanol–water partition coefficient (Wildman–Crippen LogP) is 4.75. The lowest BCUT2D eigenvalue weighted by Crippen LogP contribution is -2.20. The van der Waals surface area contributed by atoms with Crippen molar-refractivity contribution in [1.29, 1.82) is 0 Å². The highest BCUT2D eigenvalue weighted by molar-refractivity contribution is 7.09. The van der Waals surface area contributed by atoms with E-state index in [1.807, 2.05) is 0 Å². The van der Waals surface area contributed by atoms with E-state index >= 15 is 0 Å². The normalized spacial score (nSPS) is 24.0. The van der Waals surface area contributed by atoms with E-state index in [1.165, 1.54) is 42.8 Å². The van der Waals surface area contributed by atoms with Gasteiger partial charge in [0.1, 0.15) is 5.01 Å². The van der Waals surface area contributed by atoms with Crippen LogP contribution in [0.5, 0.6) is 0 Å². The molecule has 0 spiro atoms. The Labute approximate surface area is 128 Å². The maximum absolute atomic E-state index is 4.73. The van der Waals surface area contributed by atoms with Gasteiger partial charge in [0.15, 0.2) is 0 Å². The number of thiazole rings is 1. The van der Waals surface area contributed by atoms with Crippen LogP contribution >= 0.6 is 11.3 Å². The summed E-state index contributed by atoms with van der Waals surface area (Å²) in [6.07, 6.45) is 7.09. The number of nitrogens with one attached hydrogen (secondary N) is 1. The predicted molar refractivity (Wildman–Crippen MR) is 88.3 cm³/mol. The molecular formula is C17H30N2S. The summed E-state index contributed by atoms with van der Waals surface area (Å²) in [5.74, 6) is 1.92. The largest absolute Gasteiger partial charge is 0.310 e. The summed E-state index contributed by atoms with van der Waals surface area (Å²) in [6.45, 7) is 11.1. The molecule has 1 aliphatic carbocycles. The van der Waals surface area contributed by atoms with Gasteiger partial charge in [-0.05, 0) is 24.8 Å². The Morgan fingerprint density at radius 1 is 1.25 bits per heavy atom. The van der Waals surface area contributed by atoms with Gasteiger partial charge in [0.25, 0.3) is 0 Å². The first-order chi connectivity index (χ1) is 9.45. The van der Waals surface area contributed by atoms with Gasteiger partial charge in [0.2, 0.25) is 0 Å². The molecule has 1 heterocycles. The van der Waals surface area contributed by atoms with Crippen LogP contribution in [0.25, 0.3) is 0 Å². The Morgan fingerprint density at radius 2 is 1.95 bits per heavy atom.